The Balaban J connectivity index is 0.00000261. The Bertz CT molecular complexity index is 893. The van der Waals surface area contributed by atoms with Crippen LogP contribution in [0.25, 0.3) is 5.69 Å². The lowest BCUT2D eigenvalue weighted by Gasteiger charge is -2.13. The summed E-state index contributed by atoms with van der Waals surface area (Å²) in [5.74, 6) is 0.385. The van der Waals surface area contributed by atoms with Crippen LogP contribution in [0.4, 0.5) is 4.39 Å². The maximum atomic E-state index is 14.3. The summed E-state index contributed by atoms with van der Waals surface area (Å²) in [7, 11) is 1.72. The Morgan fingerprint density at radius 2 is 1.85 bits per heavy atom. The minimum absolute atomic E-state index is 0. The van der Waals surface area contributed by atoms with E-state index in [0.717, 1.165) is 5.56 Å². The van der Waals surface area contributed by atoms with Crippen LogP contribution >= 0.6 is 24.0 Å². The van der Waals surface area contributed by atoms with Gasteiger partial charge in [-0.05, 0) is 30.2 Å². The van der Waals surface area contributed by atoms with Gasteiger partial charge < -0.3 is 15.2 Å². The first-order chi connectivity index (χ1) is 12.7. The summed E-state index contributed by atoms with van der Waals surface area (Å²) in [5.41, 5.74) is 3.72. The third-order valence-corrected chi connectivity index (χ3v) is 4.02. The number of hydrogen-bond acceptors (Lipinski definition) is 2. The molecular formula is C20H23FIN5. The van der Waals surface area contributed by atoms with Crippen LogP contribution in [0.2, 0.25) is 0 Å². The van der Waals surface area contributed by atoms with E-state index < -0.39 is 0 Å². The molecule has 7 heteroatoms. The molecule has 0 fully saturated rings. The highest BCUT2D eigenvalue weighted by Crippen LogP contribution is 2.14. The topological polar surface area (TPSA) is 54.2 Å². The molecule has 0 unspecified atom stereocenters. The lowest BCUT2D eigenvalue weighted by molar-refractivity contribution is 0.615. The first-order valence-electron chi connectivity index (χ1n) is 8.42. The van der Waals surface area contributed by atoms with E-state index in [0.29, 0.717) is 24.7 Å². The number of nitrogens with zero attached hydrogens (tertiary/aromatic N) is 3. The fourth-order valence-electron chi connectivity index (χ4n) is 2.69. The number of benzene rings is 2. The molecule has 0 amide bonds. The van der Waals surface area contributed by atoms with E-state index in [1.807, 2.05) is 12.1 Å². The summed E-state index contributed by atoms with van der Waals surface area (Å²) in [6.07, 6.45) is 4.92. The molecule has 0 aliphatic carbocycles. The summed E-state index contributed by atoms with van der Waals surface area (Å²) < 4.78 is 16.0. The smallest absolute Gasteiger partial charge is 0.191 e. The summed E-state index contributed by atoms with van der Waals surface area (Å²) in [4.78, 5) is 8.15. The van der Waals surface area contributed by atoms with Gasteiger partial charge in [0.2, 0.25) is 0 Å². The highest BCUT2D eigenvalue weighted by atomic mass is 127. The summed E-state index contributed by atoms with van der Waals surface area (Å²) in [6, 6.07) is 13.5. The molecule has 0 bridgehead atoms. The predicted molar refractivity (Wildman–Crippen MR) is 117 cm³/mol. The zero-order chi connectivity index (χ0) is 18.4. The standard InChI is InChI=1S/C20H22FN5.HI/c1-15-4-3-5-16(10-15)12-24-20(22-2)25-13-17-6-7-19(18(21)11-17)26-9-8-23-14-26;/h3-11,14H,12-13H2,1-2H3,(H2,22,24,25);1H. The monoisotopic (exact) mass is 479 g/mol. The van der Waals surface area contributed by atoms with Crippen molar-refractivity contribution in [1.29, 1.82) is 0 Å². The second-order valence-corrected chi connectivity index (χ2v) is 6.02. The molecule has 0 aliphatic heterocycles. The van der Waals surface area contributed by atoms with Gasteiger partial charge in [-0.15, -0.1) is 24.0 Å². The summed E-state index contributed by atoms with van der Waals surface area (Å²) >= 11 is 0. The molecule has 142 valence electrons. The van der Waals surface area contributed by atoms with E-state index >= 15 is 0 Å². The van der Waals surface area contributed by atoms with Crippen LogP contribution in [-0.2, 0) is 13.1 Å². The third-order valence-electron chi connectivity index (χ3n) is 4.02. The summed E-state index contributed by atoms with van der Waals surface area (Å²) in [6.45, 7) is 3.22. The highest BCUT2D eigenvalue weighted by Gasteiger charge is 2.06. The number of nitrogens with one attached hydrogen (secondary N) is 2. The molecule has 5 nitrogen and oxygen atoms in total. The Hall–Kier alpha value is -2.42. The number of aromatic nitrogens is 2. The fraction of sp³-hybridized carbons (Fsp3) is 0.200. The van der Waals surface area contributed by atoms with Crippen LogP contribution in [0.5, 0.6) is 0 Å². The molecule has 0 saturated heterocycles. The Morgan fingerprint density at radius 3 is 2.44 bits per heavy atom. The highest BCUT2D eigenvalue weighted by molar-refractivity contribution is 14.0. The van der Waals surface area contributed by atoms with Gasteiger partial charge in [0.1, 0.15) is 5.82 Å². The molecule has 0 spiro atoms. The normalized spacial score (nSPS) is 11.0. The second-order valence-electron chi connectivity index (χ2n) is 6.02. The molecule has 0 radical (unpaired) electrons. The minimum atomic E-state index is -0.287. The van der Waals surface area contributed by atoms with Gasteiger partial charge in [0, 0.05) is 32.5 Å². The van der Waals surface area contributed by atoms with E-state index in [-0.39, 0.29) is 29.8 Å². The summed E-state index contributed by atoms with van der Waals surface area (Å²) in [5, 5.41) is 6.47. The van der Waals surface area contributed by atoms with E-state index in [4.69, 9.17) is 0 Å². The molecule has 2 N–H and O–H groups in total. The number of halogens is 2. The molecule has 2 aromatic carbocycles. The molecular weight excluding hydrogens is 456 g/mol. The minimum Gasteiger partial charge on any atom is -0.352 e. The van der Waals surface area contributed by atoms with Crippen LogP contribution in [-0.4, -0.2) is 22.6 Å². The molecule has 3 aromatic rings. The van der Waals surface area contributed by atoms with Gasteiger partial charge >= 0.3 is 0 Å². The number of guanidine groups is 1. The van der Waals surface area contributed by atoms with E-state index in [1.165, 1.54) is 17.2 Å². The van der Waals surface area contributed by atoms with Crippen LogP contribution in [0.3, 0.4) is 0 Å². The Morgan fingerprint density at radius 1 is 1.11 bits per heavy atom. The SMILES string of the molecule is CN=C(NCc1cccc(C)c1)NCc1ccc(-n2ccnc2)c(F)c1.I. The van der Waals surface area contributed by atoms with E-state index in [1.54, 1.807) is 36.4 Å². The van der Waals surface area contributed by atoms with Crippen LogP contribution in [0, 0.1) is 12.7 Å². The number of rotatable bonds is 5. The molecule has 0 saturated carbocycles. The van der Waals surface area contributed by atoms with Crippen LogP contribution < -0.4 is 10.6 Å². The first kappa shape index (κ1) is 20.9. The van der Waals surface area contributed by atoms with Gasteiger partial charge in [0.05, 0.1) is 12.0 Å². The maximum absolute atomic E-state index is 14.3. The van der Waals surface area contributed by atoms with Crippen molar-refractivity contribution in [2.24, 2.45) is 4.99 Å². The average molecular weight is 479 g/mol. The number of imidazole rings is 1. The molecule has 1 heterocycles. The Labute approximate surface area is 175 Å². The second kappa shape index (κ2) is 10.1. The van der Waals surface area contributed by atoms with Gasteiger partial charge in [-0.2, -0.15) is 0 Å². The molecule has 27 heavy (non-hydrogen) atoms. The zero-order valence-electron chi connectivity index (χ0n) is 15.3. The van der Waals surface area contributed by atoms with Crippen molar-refractivity contribution in [2.75, 3.05) is 7.05 Å². The molecule has 3 rings (SSSR count). The Kier molecular flexibility index (Phi) is 7.78. The van der Waals surface area contributed by atoms with E-state index in [2.05, 4.69) is 45.7 Å². The molecule has 0 aliphatic rings. The average Bonchev–Trinajstić information content (AvgIpc) is 3.16. The maximum Gasteiger partial charge on any atom is 0.191 e. The molecule has 1 aromatic heterocycles. The molecule has 0 atom stereocenters. The van der Waals surface area contributed by atoms with Crippen molar-refractivity contribution in [3.05, 3.63) is 83.7 Å². The van der Waals surface area contributed by atoms with Crippen molar-refractivity contribution in [1.82, 2.24) is 20.2 Å². The van der Waals surface area contributed by atoms with Crippen molar-refractivity contribution < 1.29 is 4.39 Å². The predicted octanol–water partition coefficient (Wildman–Crippen LogP) is 3.80. The fourth-order valence-corrected chi connectivity index (χ4v) is 2.69. The van der Waals surface area contributed by atoms with Crippen LogP contribution in [0.1, 0.15) is 16.7 Å². The lowest BCUT2D eigenvalue weighted by Crippen LogP contribution is -2.36. The van der Waals surface area contributed by atoms with Crippen molar-refractivity contribution >= 4 is 29.9 Å². The lowest BCUT2D eigenvalue weighted by atomic mass is 10.1. The van der Waals surface area contributed by atoms with Crippen molar-refractivity contribution in [3.63, 3.8) is 0 Å². The van der Waals surface area contributed by atoms with Crippen LogP contribution in [0.15, 0.2) is 66.2 Å². The van der Waals surface area contributed by atoms with E-state index in [9.17, 15) is 4.39 Å². The quantitative estimate of drug-likeness (QED) is 0.333. The number of hydrogen-bond donors (Lipinski definition) is 2. The van der Waals surface area contributed by atoms with Gasteiger partial charge in [-0.3, -0.25) is 4.99 Å². The van der Waals surface area contributed by atoms with Gasteiger partial charge in [0.15, 0.2) is 5.96 Å². The van der Waals surface area contributed by atoms with Gasteiger partial charge in [-0.25, -0.2) is 9.37 Å². The van der Waals surface area contributed by atoms with Gasteiger partial charge in [0.25, 0.3) is 0 Å². The zero-order valence-corrected chi connectivity index (χ0v) is 17.6. The third kappa shape index (κ3) is 5.78. The van der Waals surface area contributed by atoms with Crippen molar-refractivity contribution in [3.8, 4) is 5.69 Å². The van der Waals surface area contributed by atoms with Crippen molar-refractivity contribution in [2.45, 2.75) is 20.0 Å². The largest absolute Gasteiger partial charge is 0.352 e. The first-order valence-corrected chi connectivity index (χ1v) is 8.42. The van der Waals surface area contributed by atoms with Gasteiger partial charge in [-0.1, -0.05) is 35.9 Å². The number of aliphatic imine (C=N–C) groups is 1. The number of aryl methyl sites for hydroxylation is 1.